The molecular weight excluding hydrogens is 364 g/mol. The lowest BCUT2D eigenvalue weighted by atomic mass is 9.95. The molecule has 1 heterocycles. The van der Waals surface area contributed by atoms with Gasteiger partial charge >= 0.3 is 5.97 Å². The minimum absolute atomic E-state index is 0.0828. The van der Waals surface area contributed by atoms with Crippen LogP contribution in [-0.4, -0.2) is 21.7 Å². The summed E-state index contributed by atoms with van der Waals surface area (Å²) in [6.45, 7) is 0. The number of anilines is 1. The standard InChI is InChI=1S/C24H28N2O3/c1-26-12-11-18-15-17(8-9-22(18)26)20-13-16(7-10-23(27)28)14-21(25)24(20)29-19-5-3-2-4-6-19/h8-9,11-15,19H,2-7,10,25H2,1H3,(H,27,28). The third-order valence-electron chi connectivity index (χ3n) is 5.84. The van der Waals surface area contributed by atoms with E-state index in [2.05, 4.69) is 28.8 Å². The molecule has 5 heteroatoms. The Morgan fingerprint density at radius 3 is 2.72 bits per heavy atom. The number of fused-ring (bicyclic) bond motifs is 1. The van der Waals surface area contributed by atoms with Crippen LogP contribution < -0.4 is 10.5 Å². The van der Waals surface area contributed by atoms with Gasteiger partial charge in [0.1, 0.15) is 5.75 Å². The number of carboxylic acid groups (broad SMARTS) is 1. The zero-order valence-electron chi connectivity index (χ0n) is 16.9. The predicted molar refractivity (Wildman–Crippen MR) is 116 cm³/mol. The van der Waals surface area contributed by atoms with Crippen molar-refractivity contribution in [1.29, 1.82) is 0 Å². The number of carbonyl (C=O) groups is 1. The van der Waals surface area contributed by atoms with Crippen LogP contribution >= 0.6 is 0 Å². The van der Waals surface area contributed by atoms with E-state index in [0.29, 0.717) is 12.1 Å². The lowest BCUT2D eigenvalue weighted by Gasteiger charge is -2.26. The zero-order valence-corrected chi connectivity index (χ0v) is 16.9. The van der Waals surface area contributed by atoms with Crippen LogP contribution in [0.5, 0.6) is 5.75 Å². The Morgan fingerprint density at radius 2 is 1.97 bits per heavy atom. The largest absolute Gasteiger partial charge is 0.488 e. The van der Waals surface area contributed by atoms with Crippen molar-refractivity contribution >= 4 is 22.6 Å². The van der Waals surface area contributed by atoms with Crippen molar-refractivity contribution in [3.8, 4) is 16.9 Å². The van der Waals surface area contributed by atoms with Gasteiger partial charge in [-0.3, -0.25) is 4.79 Å². The van der Waals surface area contributed by atoms with Crippen molar-refractivity contribution in [2.45, 2.75) is 51.0 Å². The summed E-state index contributed by atoms with van der Waals surface area (Å²) in [5.41, 5.74) is 11.1. The van der Waals surface area contributed by atoms with E-state index in [0.717, 1.165) is 40.7 Å². The Kier molecular flexibility index (Phi) is 5.47. The molecule has 1 fully saturated rings. The molecule has 0 unspecified atom stereocenters. The van der Waals surface area contributed by atoms with Crippen molar-refractivity contribution in [2.75, 3.05) is 5.73 Å². The highest BCUT2D eigenvalue weighted by Gasteiger charge is 2.20. The molecule has 5 nitrogen and oxygen atoms in total. The Hall–Kier alpha value is -2.95. The van der Waals surface area contributed by atoms with Crippen LogP contribution in [0.2, 0.25) is 0 Å². The van der Waals surface area contributed by atoms with Crippen LogP contribution in [0, 0.1) is 0 Å². The van der Waals surface area contributed by atoms with Gasteiger partial charge in [-0.15, -0.1) is 0 Å². The van der Waals surface area contributed by atoms with Crippen molar-refractivity contribution in [1.82, 2.24) is 4.57 Å². The minimum atomic E-state index is -0.807. The molecule has 29 heavy (non-hydrogen) atoms. The summed E-state index contributed by atoms with van der Waals surface area (Å²) in [6, 6.07) is 12.4. The van der Waals surface area contributed by atoms with E-state index in [-0.39, 0.29) is 12.5 Å². The number of nitrogens with zero attached hydrogens (tertiary/aromatic N) is 1. The number of hydrogen-bond donors (Lipinski definition) is 2. The average molecular weight is 392 g/mol. The highest BCUT2D eigenvalue weighted by molar-refractivity contribution is 5.88. The monoisotopic (exact) mass is 392 g/mol. The third-order valence-corrected chi connectivity index (χ3v) is 5.84. The fourth-order valence-electron chi connectivity index (χ4n) is 4.25. The molecule has 0 amide bonds. The Balaban J connectivity index is 1.76. The number of aromatic nitrogens is 1. The molecule has 152 valence electrons. The molecule has 0 aliphatic heterocycles. The van der Waals surface area contributed by atoms with Gasteiger partial charge in [-0.05, 0) is 73.6 Å². The first-order chi connectivity index (χ1) is 14.0. The van der Waals surface area contributed by atoms with Crippen LogP contribution in [0.4, 0.5) is 5.69 Å². The number of hydrogen-bond acceptors (Lipinski definition) is 3. The maximum Gasteiger partial charge on any atom is 0.303 e. The van der Waals surface area contributed by atoms with E-state index in [9.17, 15) is 4.79 Å². The maximum atomic E-state index is 11.0. The first-order valence-corrected chi connectivity index (χ1v) is 10.4. The van der Waals surface area contributed by atoms with Gasteiger partial charge in [0.2, 0.25) is 0 Å². The van der Waals surface area contributed by atoms with Crippen LogP contribution in [0.25, 0.3) is 22.0 Å². The molecule has 2 aromatic carbocycles. The predicted octanol–water partition coefficient (Wildman–Crippen LogP) is 5.16. The van der Waals surface area contributed by atoms with Gasteiger partial charge in [-0.1, -0.05) is 12.5 Å². The van der Waals surface area contributed by atoms with E-state index >= 15 is 0 Å². The van der Waals surface area contributed by atoms with E-state index in [1.165, 1.54) is 24.8 Å². The molecule has 1 aromatic heterocycles. The van der Waals surface area contributed by atoms with Gasteiger partial charge < -0.3 is 20.1 Å². The molecule has 0 bridgehead atoms. The Morgan fingerprint density at radius 1 is 1.17 bits per heavy atom. The Bertz CT molecular complexity index is 1030. The zero-order chi connectivity index (χ0) is 20.4. The van der Waals surface area contributed by atoms with Crippen molar-refractivity contribution in [2.24, 2.45) is 7.05 Å². The second-order valence-electron chi connectivity index (χ2n) is 8.03. The van der Waals surface area contributed by atoms with Gasteiger partial charge in [0.15, 0.2) is 0 Å². The number of aliphatic carboxylic acids is 1. The molecule has 0 radical (unpaired) electrons. The first-order valence-electron chi connectivity index (χ1n) is 10.4. The van der Waals surface area contributed by atoms with Gasteiger partial charge in [-0.2, -0.15) is 0 Å². The second-order valence-corrected chi connectivity index (χ2v) is 8.03. The summed E-state index contributed by atoms with van der Waals surface area (Å²) in [4.78, 5) is 11.0. The van der Waals surface area contributed by atoms with Crippen molar-refractivity contribution in [3.05, 3.63) is 48.2 Å². The van der Waals surface area contributed by atoms with E-state index in [4.69, 9.17) is 15.6 Å². The van der Waals surface area contributed by atoms with Crippen LogP contribution in [0.3, 0.4) is 0 Å². The highest BCUT2D eigenvalue weighted by atomic mass is 16.5. The molecule has 1 aliphatic carbocycles. The number of benzene rings is 2. The summed E-state index contributed by atoms with van der Waals surface area (Å²) in [6.07, 6.45) is 8.51. The number of nitrogen functional groups attached to an aromatic ring is 1. The number of ether oxygens (including phenoxy) is 1. The topological polar surface area (TPSA) is 77.5 Å². The van der Waals surface area contributed by atoms with Crippen molar-refractivity contribution in [3.63, 3.8) is 0 Å². The molecule has 0 atom stereocenters. The fourth-order valence-corrected chi connectivity index (χ4v) is 4.25. The van der Waals surface area contributed by atoms with Gasteiger partial charge in [0.25, 0.3) is 0 Å². The quantitative estimate of drug-likeness (QED) is 0.568. The second kappa shape index (κ2) is 8.19. The number of nitrogens with two attached hydrogens (primary N) is 1. The first kappa shape index (κ1) is 19.4. The SMILES string of the molecule is Cn1ccc2cc(-c3cc(CCC(=O)O)cc(N)c3OC3CCCCC3)ccc21. The summed E-state index contributed by atoms with van der Waals surface area (Å²) < 4.78 is 8.52. The van der Waals surface area contributed by atoms with Gasteiger partial charge in [0.05, 0.1) is 11.8 Å². The number of rotatable bonds is 6. The Labute approximate surface area is 171 Å². The normalized spacial score (nSPS) is 14.9. The lowest BCUT2D eigenvalue weighted by molar-refractivity contribution is -0.136. The summed E-state index contributed by atoms with van der Waals surface area (Å²) >= 11 is 0. The summed E-state index contributed by atoms with van der Waals surface area (Å²) in [5, 5.41) is 10.2. The minimum Gasteiger partial charge on any atom is -0.488 e. The molecule has 0 spiro atoms. The summed E-state index contributed by atoms with van der Waals surface area (Å²) in [7, 11) is 2.03. The van der Waals surface area contributed by atoms with Crippen molar-refractivity contribution < 1.29 is 14.6 Å². The van der Waals surface area contributed by atoms with Crippen LogP contribution in [-0.2, 0) is 18.3 Å². The average Bonchev–Trinajstić information content (AvgIpc) is 3.09. The van der Waals surface area contributed by atoms with E-state index in [1.54, 1.807) is 0 Å². The highest BCUT2D eigenvalue weighted by Crippen LogP contribution is 2.40. The van der Waals surface area contributed by atoms with Crippen LogP contribution in [0.15, 0.2) is 42.6 Å². The summed E-state index contributed by atoms with van der Waals surface area (Å²) in [5.74, 6) is -0.0791. The molecule has 3 N–H and O–H groups in total. The van der Waals surface area contributed by atoms with Gasteiger partial charge in [0, 0.05) is 36.1 Å². The number of carboxylic acids is 1. The van der Waals surface area contributed by atoms with E-state index < -0.39 is 5.97 Å². The van der Waals surface area contributed by atoms with Crippen LogP contribution in [0.1, 0.15) is 44.1 Å². The number of aryl methyl sites for hydroxylation is 2. The molecule has 3 aromatic rings. The third kappa shape index (κ3) is 4.24. The fraction of sp³-hybridized carbons (Fsp3) is 0.375. The lowest BCUT2D eigenvalue weighted by Crippen LogP contribution is -2.20. The smallest absolute Gasteiger partial charge is 0.303 e. The molecule has 1 saturated carbocycles. The molecular formula is C24H28N2O3. The molecule has 1 aliphatic rings. The maximum absolute atomic E-state index is 11.0. The van der Waals surface area contributed by atoms with E-state index in [1.807, 2.05) is 25.4 Å². The van der Waals surface area contributed by atoms with Gasteiger partial charge in [-0.25, -0.2) is 0 Å². The molecule has 0 saturated heterocycles. The molecule has 4 rings (SSSR count).